The van der Waals surface area contributed by atoms with Gasteiger partial charge in [0.1, 0.15) is 5.25 Å². The Balaban J connectivity index is 2.79. The number of carbonyl (C=O) groups is 2. The molecule has 1 atom stereocenters. The molecule has 0 spiro atoms. The minimum Gasteiger partial charge on any atom is -0.334 e. The summed E-state index contributed by atoms with van der Waals surface area (Å²) in [6.07, 6.45) is 1.44. The number of urea groups is 1. The molecule has 0 aromatic heterocycles. The standard InChI is InChI=1S/C13H16N2O4S/c1-3-9-14-13(17)15-12(16)10(2)20(18,19)11-7-5-4-6-8-11/h3-8,10H,1,9H2,2H3,(H2,14,15,16,17). The maximum atomic E-state index is 12.2. The van der Waals surface area contributed by atoms with E-state index >= 15 is 0 Å². The molecule has 1 aromatic rings. The van der Waals surface area contributed by atoms with Crippen LogP contribution in [0.4, 0.5) is 4.79 Å². The predicted octanol–water partition coefficient (Wildman–Crippen LogP) is 0.861. The SMILES string of the molecule is C=CCNC(=O)NC(=O)C(C)S(=O)(=O)c1ccccc1. The van der Waals surface area contributed by atoms with Crippen LogP contribution in [0.2, 0.25) is 0 Å². The fourth-order valence-electron chi connectivity index (χ4n) is 1.38. The molecule has 0 aliphatic carbocycles. The molecular weight excluding hydrogens is 280 g/mol. The second kappa shape index (κ2) is 6.85. The Hall–Kier alpha value is -2.15. The largest absolute Gasteiger partial charge is 0.334 e. The van der Waals surface area contributed by atoms with E-state index in [-0.39, 0.29) is 11.4 Å². The van der Waals surface area contributed by atoms with Crippen LogP contribution in [0.5, 0.6) is 0 Å². The summed E-state index contributed by atoms with van der Waals surface area (Å²) in [5.74, 6) is -0.879. The zero-order chi connectivity index (χ0) is 15.2. The van der Waals surface area contributed by atoms with Gasteiger partial charge in [-0.1, -0.05) is 24.3 Å². The second-order valence-corrected chi connectivity index (χ2v) is 6.26. The van der Waals surface area contributed by atoms with Crippen LogP contribution in [-0.2, 0) is 14.6 Å². The number of nitrogens with one attached hydrogen (secondary N) is 2. The van der Waals surface area contributed by atoms with Crippen LogP contribution < -0.4 is 10.6 Å². The Kier molecular flexibility index (Phi) is 5.45. The fraction of sp³-hybridized carbons (Fsp3) is 0.231. The van der Waals surface area contributed by atoms with Gasteiger partial charge >= 0.3 is 6.03 Å². The van der Waals surface area contributed by atoms with E-state index in [1.54, 1.807) is 18.2 Å². The lowest BCUT2D eigenvalue weighted by Gasteiger charge is -2.12. The lowest BCUT2D eigenvalue weighted by Crippen LogP contribution is -2.45. The normalized spacial score (nSPS) is 12.2. The molecule has 0 bridgehead atoms. The van der Waals surface area contributed by atoms with Crippen molar-refractivity contribution in [1.29, 1.82) is 0 Å². The predicted molar refractivity (Wildman–Crippen MR) is 74.8 cm³/mol. The van der Waals surface area contributed by atoms with Gasteiger partial charge in [-0.15, -0.1) is 6.58 Å². The lowest BCUT2D eigenvalue weighted by atomic mass is 10.4. The zero-order valence-electron chi connectivity index (χ0n) is 11.0. The maximum absolute atomic E-state index is 12.2. The first kappa shape index (κ1) is 15.9. The molecule has 1 unspecified atom stereocenters. The van der Waals surface area contributed by atoms with E-state index in [0.29, 0.717) is 0 Å². The Morgan fingerprint density at radius 3 is 2.45 bits per heavy atom. The van der Waals surface area contributed by atoms with Crippen LogP contribution in [-0.4, -0.2) is 32.2 Å². The van der Waals surface area contributed by atoms with Crippen molar-refractivity contribution in [2.75, 3.05) is 6.54 Å². The topological polar surface area (TPSA) is 92.3 Å². The maximum Gasteiger partial charge on any atom is 0.321 e. The molecule has 0 heterocycles. The molecule has 0 aliphatic heterocycles. The Labute approximate surface area is 117 Å². The number of sulfone groups is 1. The highest BCUT2D eigenvalue weighted by atomic mass is 32.2. The van der Waals surface area contributed by atoms with Gasteiger partial charge in [0.2, 0.25) is 5.91 Å². The number of imide groups is 1. The van der Waals surface area contributed by atoms with E-state index in [1.165, 1.54) is 25.1 Å². The third-order valence-corrected chi connectivity index (χ3v) is 4.62. The summed E-state index contributed by atoms with van der Waals surface area (Å²) in [6, 6.07) is 6.84. The first-order valence-corrected chi connectivity index (χ1v) is 7.42. The van der Waals surface area contributed by atoms with Crippen LogP contribution in [0.1, 0.15) is 6.92 Å². The van der Waals surface area contributed by atoms with Crippen LogP contribution >= 0.6 is 0 Å². The highest BCUT2D eigenvalue weighted by Gasteiger charge is 2.30. The van der Waals surface area contributed by atoms with Gasteiger partial charge in [-0.2, -0.15) is 0 Å². The minimum absolute atomic E-state index is 0.0362. The van der Waals surface area contributed by atoms with E-state index in [1.807, 2.05) is 5.32 Å². The monoisotopic (exact) mass is 296 g/mol. The first-order chi connectivity index (χ1) is 9.39. The molecule has 2 N–H and O–H groups in total. The summed E-state index contributed by atoms with van der Waals surface area (Å²) >= 11 is 0. The van der Waals surface area contributed by atoms with E-state index in [4.69, 9.17) is 0 Å². The zero-order valence-corrected chi connectivity index (χ0v) is 11.8. The lowest BCUT2D eigenvalue weighted by molar-refractivity contribution is -0.119. The number of benzene rings is 1. The van der Waals surface area contributed by atoms with E-state index < -0.39 is 27.0 Å². The van der Waals surface area contributed by atoms with Crippen molar-refractivity contribution in [1.82, 2.24) is 10.6 Å². The van der Waals surface area contributed by atoms with Crippen LogP contribution in [0.15, 0.2) is 47.9 Å². The van der Waals surface area contributed by atoms with Gasteiger partial charge in [0.15, 0.2) is 9.84 Å². The highest BCUT2D eigenvalue weighted by molar-refractivity contribution is 7.92. The molecule has 0 aliphatic rings. The van der Waals surface area contributed by atoms with Gasteiger partial charge in [-0.05, 0) is 19.1 Å². The summed E-state index contributed by atoms with van der Waals surface area (Å²) in [6.45, 7) is 4.82. The van der Waals surface area contributed by atoms with Crippen LogP contribution in [0.25, 0.3) is 0 Å². The summed E-state index contributed by atoms with van der Waals surface area (Å²) in [7, 11) is -3.82. The van der Waals surface area contributed by atoms with E-state index in [9.17, 15) is 18.0 Å². The summed E-state index contributed by atoms with van der Waals surface area (Å²) in [5.41, 5.74) is 0. The average Bonchev–Trinajstić information content (AvgIpc) is 2.45. The molecule has 7 heteroatoms. The Morgan fingerprint density at radius 2 is 1.90 bits per heavy atom. The second-order valence-electron chi connectivity index (χ2n) is 3.99. The third-order valence-electron chi connectivity index (χ3n) is 2.55. The number of hydrogen-bond acceptors (Lipinski definition) is 4. The number of rotatable bonds is 5. The molecule has 3 amide bonds. The van der Waals surface area contributed by atoms with Crippen molar-refractivity contribution in [3.63, 3.8) is 0 Å². The first-order valence-electron chi connectivity index (χ1n) is 5.88. The van der Waals surface area contributed by atoms with Gasteiger partial charge in [-0.25, -0.2) is 13.2 Å². The van der Waals surface area contributed by atoms with Crippen molar-refractivity contribution in [3.8, 4) is 0 Å². The summed E-state index contributed by atoms with van der Waals surface area (Å²) in [4.78, 5) is 23.1. The van der Waals surface area contributed by atoms with Crippen LogP contribution in [0.3, 0.4) is 0 Å². The molecule has 0 radical (unpaired) electrons. The van der Waals surface area contributed by atoms with Gasteiger partial charge in [-0.3, -0.25) is 10.1 Å². The molecule has 108 valence electrons. The van der Waals surface area contributed by atoms with Crippen molar-refractivity contribution < 1.29 is 18.0 Å². The van der Waals surface area contributed by atoms with Crippen molar-refractivity contribution in [2.45, 2.75) is 17.1 Å². The summed E-state index contributed by atoms with van der Waals surface area (Å²) in [5, 5.41) is 2.94. The quantitative estimate of drug-likeness (QED) is 0.788. The van der Waals surface area contributed by atoms with Crippen molar-refractivity contribution >= 4 is 21.8 Å². The Morgan fingerprint density at radius 1 is 1.30 bits per heavy atom. The van der Waals surface area contributed by atoms with Gasteiger partial charge in [0, 0.05) is 6.54 Å². The number of carbonyl (C=O) groups excluding carboxylic acids is 2. The molecule has 20 heavy (non-hydrogen) atoms. The number of hydrogen-bond donors (Lipinski definition) is 2. The average molecular weight is 296 g/mol. The van der Waals surface area contributed by atoms with Crippen molar-refractivity contribution in [3.05, 3.63) is 43.0 Å². The van der Waals surface area contributed by atoms with E-state index in [0.717, 1.165) is 0 Å². The van der Waals surface area contributed by atoms with Gasteiger partial charge in [0.05, 0.1) is 4.90 Å². The molecule has 1 aromatic carbocycles. The summed E-state index contributed by atoms with van der Waals surface area (Å²) < 4.78 is 24.3. The molecule has 0 saturated carbocycles. The minimum atomic E-state index is -3.82. The van der Waals surface area contributed by atoms with Crippen LogP contribution in [0, 0.1) is 0 Å². The molecular formula is C13H16N2O4S. The Bertz CT molecular complexity index is 596. The number of amides is 3. The van der Waals surface area contributed by atoms with E-state index in [2.05, 4.69) is 11.9 Å². The molecule has 1 rings (SSSR count). The smallest absolute Gasteiger partial charge is 0.321 e. The molecule has 6 nitrogen and oxygen atoms in total. The highest BCUT2D eigenvalue weighted by Crippen LogP contribution is 2.15. The van der Waals surface area contributed by atoms with Gasteiger partial charge in [0.25, 0.3) is 0 Å². The van der Waals surface area contributed by atoms with Gasteiger partial charge < -0.3 is 5.32 Å². The molecule has 0 fully saturated rings. The third kappa shape index (κ3) is 3.92. The fourth-order valence-corrected chi connectivity index (χ4v) is 2.66. The molecule has 0 saturated heterocycles. The van der Waals surface area contributed by atoms with Crippen molar-refractivity contribution in [2.24, 2.45) is 0 Å².